The van der Waals surface area contributed by atoms with Crippen molar-refractivity contribution in [3.05, 3.63) is 88.0 Å². The quantitative estimate of drug-likeness (QED) is 0.407. The topological polar surface area (TPSA) is 75.9 Å². The van der Waals surface area contributed by atoms with Crippen LogP contribution in [0.1, 0.15) is 33.4 Å². The molecule has 170 valence electrons. The normalized spacial score (nSPS) is 10.8. The summed E-state index contributed by atoms with van der Waals surface area (Å²) in [6.45, 7) is 5.08. The highest BCUT2D eigenvalue weighted by Gasteiger charge is 2.18. The second-order valence-electron chi connectivity index (χ2n) is 7.70. The number of likely N-dealkylation sites (N-methyl/N-ethyl adjacent to an activating group) is 1. The maximum atomic E-state index is 13.0. The van der Waals surface area contributed by atoms with E-state index < -0.39 is 0 Å². The molecule has 0 spiro atoms. The Morgan fingerprint density at radius 2 is 2.03 bits per heavy atom. The van der Waals surface area contributed by atoms with Crippen LogP contribution in [0.2, 0.25) is 0 Å². The first-order valence-electron chi connectivity index (χ1n) is 10.8. The fraction of sp³-hybridized carbons (Fsp3) is 0.240. The molecule has 0 saturated heterocycles. The van der Waals surface area contributed by atoms with Crippen molar-refractivity contribution in [3.63, 3.8) is 0 Å². The predicted molar refractivity (Wildman–Crippen MR) is 128 cm³/mol. The van der Waals surface area contributed by atoms with Gasteiger partial charge in [0.25, 0.3) is 5.91 Å². The number of nitrogens with one attached hydrogen (secondary N) is 1. The molecule has 0 atom stereocenters. The van der Waals surface area contributed by atoms with E-state index in [1.165, 1.54) is 4.90 Å². The zero-order chi connectivity index (χ0) is 23.2. The molecule has 7 nitrogen and oxygen atoms in total. The number of pyridine rings is 1. The molecule has 0 fully saturated rings. The number of nitrogens with zero attached hydrogens (tertiary/aromatic N) is 3. The van der Waals surface area contributed by atoms with Gasteiger partial charge in [0.05, 0.1) is 18.8 Å². The van der Waals surface area contributed by atoms with E-state index in [-0.39, 0.29) is 18.4 Å². The molecule has 0 bridgehead atoms. The van der Waals surface area contributed by atoms with Crippen LogP contribution < -0.4 is 10.1 Å². The molecule has 3 aromatic heterocycles. The SMILES string of the molecule is CCN(CC(=O)NCc1cccs1)C(=O)c1cccc(OCc2cn3cc(C)ccc3n2)c1. The third-order valence-corrected chi connectivity index (χ3v) is 6.04. The van der Waals surface area contributed by atoms with Crippen molar-refractivity contribution in [1.82, 2.24) is 19.6 Å². The Bertz CT molecular complexity index is 1250. The Kier molecular flexibility index (Phi) is 7.04. The summed E-state index contributed by atoms with van der Waals surface area (Å²) >= 11 is 1.58. The number of amides is 2. The van der Waals surface area contributed by atoms with E-state index in [4.69, 9.17) is 4.74 Å². The molecule has 0 aliphatic carbocycles. The fourth-order valence-corrected chi connectivity index (χ4v) is 4.08. The lowest BCUT2D eigenvalue weighted by Gasteiger charge is -2.20. The lowest BCUT2D eigenvalue weighted by molar-refractivity contribution is -0.121. The van der Waals surface area contributed by atoms with Crippen molar-refractivity contribution in [1.29, 1.82) is 0 Å². The number of rotatable bonds is 9. The van der Waals surface area contributed by atoms with Gasteiger partial charge in [-0.1, -0.05) is 18.2 Å². The van der Waals surface area contributed by atoms with Gasteiger partial charge in [-0.2, -0.15) is 0 Å². The highest BCUT2D eigenvalue weighted by molar-refractivity contribution is 7.09. The van der Waals surface area contributed by atoms with Crippen LogP contribution in [0.5, 0.6) is 5.75 Å². The predicted octanol–water partition coefficient (Wildman–Crippen LogP) is 4.06. The molecular formula is C25H26N4O3S. The van der Waals surface area contributed by atoms with Gasteiger partial charge in [-0.25, -0.2) is 4.98 Å². The number of carbonyl (C=O) groups excluding carboxylic acids is 2. The van der Waals surface area contributed by atoms with Gasteiger partial charge in [0, 0.05) is 29.4 Å². The monoisotopic (exact) mass is 462 g/mol. The van der Waals surface area contributed by atoms with Gasteiger partial charge in [-0.3, -0.25) is 9.59 Å². The van der Waals surface area contributed by atoms with E-state index in [1.54, 1.807) is 35.6 Å². The summed E-state index contributed by atoms with van der Waals surface area (Å²) in [5.74, 6) is 0.179. The third-order valence-electron chi connectivity index (χ3n) is 5.16. The minimum absolute atomic E-state index is 0.00641. The molecule has 0 aliphatic rings. The number of imidazole rings is 1. The van der Waals surface area contributed by atoms with Gasteiger partial charge in [0.1, 0.15) is 18.0 Å². The van der Waals surface area contributed by atoms with E-state index in [0.29, 0.717) is 31.0 Å². The summed E-state index contributed by atoms with van der Waals surface area (Å²) in [6, 6.07) is 14.9. The Morgan fingerprint density at radius 1 is 1.15 bits per heavy atom. The number of benzene rings is 1. The number of fused-ring (bicyclic) bond motifs is 1. The number of ether oxygens (including phenoxy) is 1. The largest absolute Gasteiger partial charge is 0.487 e. The first-order chi connectivity index (χ1) is 16.0. The summed E-state index contributed by atoms with van der Waals surface area (Å²) in [7, 11) is 0. The maximum Gasteiger partial charge on any atom is 0.254 e. The highest BCUT2D eigenvalue weighted by atomic mass is 32.1. The van der Waals surface area contributed by atoms with Crippen LogP contribution in [0, 0.1) is 6.92 Å². The van der Waals surface area contributed by atoms with Crippen LogP contribution in [-0.4, -0.2) is 39.2 Å². The average molecular weight is 463 g/mol. The van der Waals surface area contributed by atoms with Gasteiger partial charge in [0.2, 0.25) is 5.91 Å². The van der Waals surface area contributed by atoms with E-state index >= 15 is 0 Å². The van der Waals surface area contributed by atoms with Crippen molar-refractivity contribution >= 4 is 28.8 Å². The van der Waals surface area contributed by atoms with Gasteiger partial charge in [-0.15, -0.1) is 11.3 Å². The van der Waals surface area contributed by atoms with E-state index in [1.807, 2.05) is 60.3 Å². The van der Waals surface area contributed by atoms with E-state index in [0.717, 1.165) is 21.8 Å². The lowest BCUT2D eigenvalue weighted by atomic mass is 10.2. The smallest absolute Gasteiger partial charge is 0.254 e. The number of thiophene rings is 1. The van der Waals surface area contributed by atoms with Crippen LogP contribution in [-0.2, 0) is 17.9 Å². The Balaban J connectivity index is 1.36. The molecule has 0 saturated carbocycles. The Labute approximate surface area is 196 Å². The first-order valence-corrected chi connectivity index (χ1v) is 11.6. The Hall–Kier alpha value is -3.65. The molecule has 0 unspecified atom stereocenters. The molecule has 4 aromatic rings. The average Bonchev–Trinajstić information content (AvgIpc) is 3.49. The van der Waals surface area contributed by atoms with Crippen LogP contribution in [0.25, 0.3) is 5.65 Å². The molecule has 0 aliphatic heterocycles. The first kappa shape index (κ1) is 22.5. The van der Waals surface area contributed by atoms with Crippen LogP contribution in [0.4, 0.5) is 0 Å². The zero-order valence-corrected chi connectivity index (χ0v) is 19.5. The van der Waals surface area contributed by atoms with Crippen LogP contribution in [0.15, 0.2) is 66.3 Å². The van der Waals surface area contributed by atoms with Gasteiger partial charge >= 0.3 is 0 Å². The van der Waals surface area contributed by atoms with Crippen molar-refractivity contribution in [3.8, 4) is 5.75 Å². The second-order valence-corrected chi connectivity index (χ2v) is 8.73. The summed E-state index contributed by atoms with van der Waals surface area (Å²) in [5.41, 5.74) is 3.29. The molecule has 2 amide bonds. The summed E-state index contributed by atoms with van der Waals surface area (Å²) < 4.78 is 7.86. The standard InChI is InChI=1S/C25H26N4O3S/c1-3-28(16-24(30)26-13-22-8-5-11-33-22)25(31)19-6-4-7-21(12-19)32-17-20-15-29-14-18(2)9-10-23(29)27-20/h4-12,14-15H,3,13,16-17H2,1-2H3,(H,26,30). The molecule has 1 aromatic carbocycles. The third kappa shape index (κ3) is 5.78. The number of aromatic nitrogens is 2. The fourth-order valence-electron chi connectivity index (χ4n) is 3.44. The number of hydrogen-bond acceptors (Lipinski definition) is 5. The number of carbonyl (C=O) groups is 2. The van der Waals surface area contributed by atoms with E-state index in [2.05, 4.69) is 10.3 Å². The molecule has 8 heteroatoms. The van der Waals surface area contributed by atoms with E-state index in [9.17, 15) is 9.59 Å². The minimum atomic E-state index is -0.211. The van der Waals surface area contributed by atoms with Crippen molar-refractivity contribution in [2.75, 3.05) is 13.1 Å². The second kappa shape index (κ2) is 10.3. The molecule has 33 heavy (non-hydrogen) atoms. The molecular weight excluding hydrogens is 436 g/mol. The van der Waals surface area contributed by atoms with Crippen molar-refractivity contribution < 1.29 is 14.3 Å². The van der Waals surface area contributed by atoms with Crippen molar-refractivity contribution in [2.45, 2.75) is 27.0 Å². The zero-order valence-electron chi connectivity index (χ0n) is 18.7. The minimum Gasteiger partial charge on any atom is -0.487 e. The van der Waals surface area contributed by atoms with Crippen LogP contribution >= 0.6 is 11.3 Å². The summed E-state index contributed by atoms with van der Waals surface area (Å²) in [6.07, 6.45) is 3.95. The molecule has 1 N–H and O–H groups in total. The summed E-state index contributed by atoms with van der Waals surface area (Å²) in [5, 5.41) is 4.83. The molecule has 4 rings (SSSR count). The molecule has 0 radical (unpaired) electrons. The van der Waals surface area contributed by atoms with Gasteiger partial charge in [-0.05, 0) is 55.1 Å². The van der Waals surface area contributed by atoms with Crippen molar-refractivity contribution in [2.24, 2.45) is 0 Å². The highest BCUT2D eigenvalue weighted by Crippen LogP contribution is 2.17. The lowest BCUT2D eigenvalue weighted by Crippen LogP contribution is -2.40. The van der Waals surface area contributed by atoms with Gasteiger partial charge in [0.15, 0.2) is 0 Å². The Morgan fingerprint density at radius 3 is 2.82 bits per heavy atom. The molecule has 3 heterocycles. The summed E-state index contributed by atoms with van der Waals surface area (Å²) in [4.78, 5) is 32.5. The van der Waals surface area contributed by atoms with Crippen LogP contribution in [0.3, 0.4) is 0 Å². The number of hydrogen-bond donors (Lipinski definition) is 1. The number of aryl methyl sites for hydroxylation is 1. The maximum absolute atomic E-state index is 13.0. The van der Waals surface area contributed by atoms with Gasteiger partial charge < -0.3 is 19.4 Å².